The Kier molecular flexibility index (Phi) is 3.66. The second kappa shape index (κ2) is 4.92. The molecule has 3 nitrogen and oxygen atoms in total. The van der Waals surface area contributed by atoms with Crippen LogP contribution >= 0.6 is 11.3 Å². The molecule has 0 aromatic carbocycles. The highest BCUT2D eigenvalue weighted by Crippen LogP contribution is 2.35. The predicted octanol–water partition coefficient (Wildman–Crippen LogP) is 3.34. The molecule has 0 bridgehead atoms. The van der Waals surface area contributed by atoms with Gasteiger partial charge in [-0.2, -0.15) is 0 Å². The standard InChI is InChI=1S/C14H22N2OS/c1-9-10(15)8-11(18-9)13(17)16-12-6-4-5-7-14(12,2)3/h8,12H,4-7,15H2,1-3H3,(H,16,17). The lowest BCUT2D eigenvalue weighted by Gasteiger charge is -2.38. The number of carbonyl (C=O) groups is 1. The van der Waals surface area contributed by atoms with E-state index in [1.807, 2.05) is 6.92 Å². The van der Waals surface area contributed by atoms with Crippen LogP contribution in [0, 0.1) is 12.3 Å². The summed E-state index contributed by atoms with van der Waals surface area (Å²) in [5.74, 6) is 0.0276. The Hall–Kier alpha value is -1.03. The first-order valence-corrected chi connectivity index (χ1v) is 7.38. The van der Waals surface area contributed by atoms with Crippen LogP contribution < -0.4 is 11.1 Å². The monoisotopic (exact) mass is 266 g/mol. The van der Waals surface area contributed by atoms with Gasteiger partial charge >= 0.3 is 0 Å². The molecule has 1 amide bonds. The molecular formula is C14H22N2OS. The summed E-state index contributed by atoms with van der Waals surface area (Å²) in [5.41, 5.74) is 6.71. The minimum atomic E-state index is 0.0276. The highest BCUT2D eigenvalue weighted by molar-refractivity contribution is 7.14. The molecule has 0 radical (unpaired) electrons. The topological polar surface area (TPSA) is 55.1 Å². The number of hydrogen-bond acceptors (Lipinski definition) is 3. The molecule has 1 aromatic heterocycles. The Labute approximate surface area is 113 Å². The lowest BCUT2D eigenvalue weighted by atomic mass is 9.73. The number of aryl methyl sites for hydroxylation is 1. The molecule has 1 heterocycles. The van der Waals surface area contributed by atoms with Gasteiger partial charge in [0, 0.05) is 16.6 Å². The number of amides is 1. The van der Waals surface area contributed by atoms with E-state index in [1.165, 1.54) is 30.6 Å². The quantitative estimate of drug-likeness (QED) is 0.862. The molecule has 0 aliphatic heterocycles. The molecule has 1 fully saturated rings. The average molecular weight is 266 g/mol. The van der Waals surface area contributed by atoms with E-state index >= 15 is 0 Å². The van der Waals surface area contributed by atoms with Gasteiger partial charge < -0.3 is 11.1 Å². The van der Waals surface area contributed by atoms with E-state index in [-0.39, 0.29) is 17.4 Å². The summed E-state index contributed by atoms with van der Waals surface area (Å²) < 4.78 is 0. The maximum absolute atomic E-state index is 12.2. The van der Waals surface area contributed by atoms with Gasteiger partial charge in [0.2, 0.25) is 0 Å². The number of anilines is 1. The summed E-state index contributed by atoms with van der Waals surface area (Å²) in [6, 6.07) is 2.06. The SMILES string of the molecule is Cc1sc(C(=O)NC2CCCCC2(C)C)cc1N. The lowest BCUT2D eigenvalue weighted by Crippen LogP contribution is -2.46. The molecule has 1 atom stereocenters. The number of carbonyl (C=O) groups excluding carboxylic acids is 1. The Morgan fingerprint density at radius 1 is 1.50 bits per heavy atom. The van der Waals surface area contributed by atoms with Crippen LogP contribution in [0.1, 0.15) is 54.1 Å². The van der Waals surface area contributed by atoms with Gasteiger partial charge in [-0.1, -0.05) is 26.7 Å². The minimum Gasteiger partial charge on any atom is -0.398 e. The largest absolute Gasteiger partial charge is 0.398 e. The van der Waals surface area contributed by atoms with Crippen molar-refractivity contribution in [3.63, 3.8) is 0 Å². The number of hydrogen-bond donors (Lipinski definition) is 2. The average Bonchev–Trinajstić information content (AvgIpc) is 2.62. The van der Waals surface area contributed by atoms with Crippen LogP contribution in [0.25, 0.3) is 0 Å². The van der Waals surface area contributed by atoms with Gasteiger partial charge in [-0.15, -0.1) is 11.3 Å². The molecular weight excluding hydrogens is 244 g/mol. The fraction of sp³-hybridized carbons (Fsp3) is 0.643. The smallest absolute Gasteiger partial charge is 0.261 e. The highest BCUT2D eigenvalue weighted by atomic mass is 32.1. The molecule has 4 heteroatoms. The van der Waals surface area contributed by atoms with E-state index in [4.69, 9.17) is 5.73 Å². The number of nitrogens with one attached hydrogen (secondary N) is 1. The predicted molar refractivity (Wildman–Crippen MR) is 77.0 cm³/mol. The van der Waals surface area contributed by atoms with Crippen molar-refractivity contribution in [2.24, 2.45) is 5.41 Å². The van der Waals surface area contributed by atoms with Crippen LogP contribution in [0.5, 0.6) is 0 Å². The second-order valence-electron chi connectivity index (χ2n) is 5.88. The van der Waals surface area contributed by atoms with Gasteiger partial charge in [0.05, 0.1) is 4.88 Å². The zero-order valence-electron chi connectivity index (χ0n) is 11.4. The van der Waals surface area contributed by atoms with Crippen molar-refractivity contribution in [1.82, 2.24) is 5.32 Å². The molecule has 3 N–H and O–H groups in total. The summed E-state index contributed by atoms with van der Waals surface area (Å²) in [6.45, 7) is 6.43. The Morgan fingerprint density at radius 3 is 2.78 bits per heavy atom. The third-order valence-corrected chi connectivity index (χ3v) is 5.06. The summed E-state index contributed by atoms with van der Waals surface area (Å²) in [6.07, 6.45) is 4.74. The molecule has 1 unspecified atom stereocenters. The summed E-state index contributed by atoms with van der Waals surface area (Å²) >= 11 is 1.47. The van der Waals surface area contributed by atoms with Gasteiger partial charge in [0.15, 0.2) is 0 Å². The van der Waals surface area contributed by atoms with Crippen molar-refractivity contribution < 1.29 is 4.79 Å². The summed E-state index contributed by atoms with van der Waals surface area (Å²) in [4.78, 5) is 14.0. The maximum Gasteiger partial charge on any atom is 0.261 e. The summed E-state index contributed by atoms with van der Waals surface area (Å²) in [5, 5.41) is 3.18. The van der Waals surface area contributed by atoms with Crippen LogP contribution in [0.2, 0.25) is 0 Å². The van der Waals surface area contributed by atoms with Crippen molar-refractivity contribution >= 4 is 22.9 Å². The molecule has 1 saturated carbocycles. The van der Waals surface area contributed by atoms with Gasteiger partial charge in [-0.25, -0.2) is 0 Å². The summed E-state index contributed by atoms with van der Waals surface area (Å²) in [7, 11) is 0. The first-order chi connectivity index (χ1) is 8.40. The van der Waals surface area contributed by atoms with Crippen LogP contribution in [-0.4, -0.2) is 11.9 Å². The Bertz CT molecular complexity index is 431. The molecule has 1 aliphatic rings. The third kappa shape index (κ3) is 2.69. The fourth-order valence-electron chi connectivity index (χ4n) is 2.60. The van der Waals surface area contributed by atoms with E-state index in [1.54, 1.807) is 6.07 Å². The Balaban J connectivity index is 2.07. The molecule has 0 spiro atoms. The second-order valence-corrected chi connectivity index (χ2v) is 7.14. The molecule has 18 heavy (non-hydrogen) atoms. The van der Waals surface area contributed by atoms with Gasteiger partial charge in [0.25, 0.3) is 5.91 Å². The third-order valence-electron chi connectivity index (χ3n) is 3.99. The normalized spacial score (nSPS) is 22.7. The lowest BCUT2D eigenvalue weighted by molar-refractivity contribution is 0.0857. The van der Waals surface area contributed by atoms with E-state index in [2.05, 4.69) is 19.2 Å². The number of nitrogen functional groups attached to an aromatic ring is 1. The van der Waals surface area contributed by atoms with Crippen molar-refractivity contribution in [2.45, 2.75) is 52.5 Å². The van der Waals surface area contributed by atoms with Gasteiger partial charge in [-0.05, 0) is 31.2 Å². The highest BCUT2D eigenvalue weighted by Gasteiger charge is 2.33. The van der Waals surface area contributed by atoms with Gasteiger partial charge in [-0.3, -0.25) is 4.79 Å². The molecule has 100 valence electrons. The van der Waals surface area contributed by atoms with E-state index in [0.29, 0.717) is 5.69 Å². The first-order valence-electron chi connectivity index (χ1n) is 6.57. The molecule has 0 saturated heterocycles. The van der Waals surface area contributed by atoms with E-state index in [9.17, 15) is 4.79 Å². The molecule has 2 rings (SSSR count). The van der Waals surface area contributed by atoms with Crippen LogP contribution in [0.4, 0.5) is 5.69 Å². The van der Waals surface area contributed by atoms with E-state index in [0.717, 1.165) is 16.2 Å². The number of thiophene rings is 1. The fourth-order valence-corrected chi connectivity index (χ4v) is 3.44. The minimum absolute atomic E-state index is 0.0276. The molecule has 1 aliphatic carbocycles. The van der Waals surface area contributed by atoms with Crippen molar-refractivity contribution in [3.05, 3.63) is 15.8 Å². The van der Waals surface area contributed by atoms with Gasteiger partial charge in [0.1, 0.15) is 0 Å². The van der Waals surface area contributed by atoms with Crippen molar-refractivity contribution in [3.8, 4) is 0 Å². The van der Waals surface area contributed by atoms with Crippen molar-refractivity contribution in [2.75, 3.05) is 5.73 Å². The zero-order chi connectivity index (χ0) is 13.3. The zero-order valence-corrected chi connectivity index (χ0v) is 12.2. The molecule has 1 aromatic rings. The Morgan fingerprint density at radius 2 is 2.22 bits per heavy atom. The van der Waals surface area contributed by atoms with Crippen LogP contribution in [0.15, 0.2) is 6.07 Å². The van der Waals surface area contributed by atoms with Crippen LogP contribution in [-0.2, 0) is 0 Å². The van der Waals surface area contributed by atoms with Crippen molar-refractivity contribution in [1.29, 1.82) is 0 Å². The van der Waals surface area contributed by atoms with E-state index < -0.39 is 0 Å². The van der Waals surface area contributed by atoms with Crippen LogP contribution in [0.3, 0.4) is 0 Å². The maximum atomic E-state index is 12.2. The number of rotatable bonds is 2. The number of nitrogens with two attached hydrogens (primary N) is 1. The first kappa shape index (κ1) is 13.4.